The number of anilines is 1. The number of rotatable bonds is 12. The van der Waals surface area contributed by atoms with Gasteiger partial charge < -0.3 is 15.7 Å². The van der Waals surface area contributed by atoms with Crippen molar-refractivity contribution in [2.45, 2.75) is 78.4 Å². The Morgan fingerprint density at radius 1 is 0.967 bits per heavy atom. The van der Waals surface area contributed by atoms with Crippen molar-refractivity contribution in [3.63, 3.8) is 0 Å². The van der Waals surface area contributed by atoms with Crippen molar-refractivity contribution in [2.24, 2.45) is 15.7 Å². The van der Waals surface area contributed by atoms with E-state index in [0.29, 0.717) is 65.8 Å². The van der Waals surface area contributed by atoms with E-state index in [1.54, 1.807) is 11.1 Å². The van der Waals surface area contributed by atoms with Crippen LogP contribution < -0.4 is 16.1 Å². The number of allylic oxidation sites excluding steroid dienone is 1. The molecule has 4 aliphatic heterocycles. The summed E-state index contributed by atoms with van der Waals surface area (Å²) in [6, 6.07) is 10.6. The Hall–Kier alpha value is -6.10. The number of aliphatic hydroxyl groups excluding tert-OH is 1. The highest BCUT2D eigenvalue weighted by molar-refractivity contribution is 6.31. The second kappa shape index (κ2) is 20.9. The number of hydrogen-bond donors (Lipinski definition) is 3. The lowest BCUT2D eigenvalue weighted by atomic mass is 10.0. The molecule has 4 N–H and O–H groups in total. The van der Waals surface area contributed by atoms with Crippen LogP contribution in [0.25, 0.3) is 0 Å². The van der Waals surface area contributed by atoms with E-state index in [4.69, 9.17) is 9.98 Å². The lowest BCUT2D eigenvalue weighted by Gasteiger charge is -2.38. The van der Waals surface area contributed by atoms with Crippen molar-refractivity contribution in [3.8, 4) is 0 Å². The molecule has 1 aromatic carbocycles. The summed E-state index contributed by atoms with van der Waals surface area (Å²) in [6.07, 6.45) is 6.89. The SMILES string of the molecule is C=CCN1C(=O)/C(=C/N=C)C(=Nc2ccc(CCN3CCN(/C(=C/C)C4=C(CC)C(=O)N(C5CCC(=O)NC5=O)C4=O)CC3)cc2)N1c1ccc2c(n1)C(O)CC2.CC.CN. The predicted octanol–water partition coefficient (Wildman–Crippen LogP) is 3.67. The average Bonchev–Trinajstić information content (AvgIpc) is 3.86. The van der Waals surface area contributed by atoms with Crippen LogP contribution in [-0.2, 0) is 36.8 Å². The highest BCUT2D eigenvalue weighted by Gasteiger charge is 2.47. The van der Waals surface area contributed by atoms with E-state index in [9.17, 15) is 29.1 Å². The zero-order chi connectivity index (χ0) is 44.4. The highest BCUT2D eigenvalue weighted by atomic mass is 16.3. The molecule has 16 heteroatoms. The van der Waals surface area contributed by atoms with E-state index >= 15 is 0 Å². The van der Waals surface area contributed by atoms with E-state index in [2.05, 4.69) is 39.1 Å². The number of fused-ring (bicyclic) bond motifs is 1. The van der Waals surface area contributed by atoms with Gasteiger partial charge in [-0.05, 0) is 82.1 Å². The number of pyridine rings is 1. The summed E-state index contributed by atoms with van der Waals surface area (Å²) in [5, 5.41) is 15.9. The molecule has 0 bridgehead atoms. The molecule has 3 fully saturated rings. The van der Waals surface area contributed by atoms with Crippen LogP contribution in [-0.4, -0.2) is 124 Å². The predicted molar refractivity (Wildman–Crippen MR) is 235 cm³/mol. The molecule has 0 radical (unpaired) electrons. The summed E-state index contributed by atoms with van der Waals surface area (Å²) < 4.78 is 0. The van der Waals surface area contributed by atoms with E-state index < -0.39 is 35.8 Å². The molecule has 2 aromatic rings. The first-order chi connectivity index (χ1) is 29.6. The first-order valence-corrected chi connectivity index (χ1v) is 21.0. The zero-order valence-electron chi connectivity index (χ0n) is 35.9. The van der Waals surface area contributed by atoms with Crippen LogP contribution in [0.2, 0.25) is 0 Å². The van der Waals surface area contributed by atoms with Gasteiger partial charge in [-0.3, -0.25) is 44.1 Å². The largest absolute Gasteiger partial charge is 0.387 e. The number of aromatic nitrogens is 1. The smallest absolute Gasteiger partial charge is 0.278 e. The van der Waals surface area contributed by atoms with Gasteiger partial charge >= 0.3 is 0 Å². The maximum absolute atomic E-state index is 13.8. The maximum Gasteiger partial charge on any atom is 0.278 e. The van der Waals surface area contributed by atoms with Crippen molar-refractivity contribution in [2.75, 3.05) is 51.3 Å². The number of hydrazine groups is 1. The molecule has 5 amide bonds. The molecular weight excluding hydrogens is 777 g/mol. The number of amides is 5. The van der Waals surface area contributed by atoms with E-state index in [1.807, 2.05) is 70.2 Å². The van der Waals surface area contributed by atoms with Gasteiger partial charge in [0.2, 0.25) is 11.8 Å². The normalized spacial score (nSPS) is 22.1. The Bertz CT molecular complexity index is 2150. The van der Waals surface area contributed by atoms with E-state index in [-0.39, 0.29) is 30.9 Å². The number of benzene rings is 1. The summed E-state index contributed by atoms with van der Waals surface area (Å²) in [5.41, 5.74) is 9.52. The van der Waals surface area contributed by atoms with Gasteiger partial charge in [-0.15, -0.1) is 6.58 Å². The van der Waals surface area contributed by atoms with Gasteiger partial charge in [0.05, 0.1) is 29.6 Å². The number of amidine groups is 1. The van der Waals surface area contributed by atoms with Crippen molar-refractivity contribution in [1.82, 2.24) is 30.0 Å². The molecule has 3 saturated heterocycles. The van der Waals surface area contributed by atoms with Crippen LogP contribution in [0.1, 0.15) is 76.3 Å². The molecule has 2 atom stereocenters. The Kier molecular flexibility index (Phi) is 15.8. The minimum Gasteiger partial charge on any atom is -0.387 e. The van der Waals surface area contributed by atoms with Crippen LogP contribution in [0.4, 0.5) is 11.5 Å². The fraction of sp³-hybridized carbons (Fsp3) is 0.422. The lowest BCUT2D eigenvalue weighted by Crippen LogP contribution is -2.55. The molecule has 1 aromatic heterocycles. The van der Waals surface area contributed by atoms with Crippen LogP contribution in [0, 0.1) is 0 Å². The van der Waals surface area contributed by atoms with Gasteiger partial charge in [-0.2, -0.15) is 0 Å². The summed E-state index contributed by atoms with van der Waals surface area (Å²) in [5.74, 6) is -1.49. The molecule has 2 unspecified atom stereocenters. The Morgan fingerprint density at radius 3 is 2.30 bits per heavy atom. The summed E-state index contributed by atoms with van der Waals surface area (Å²) in [4.78, 5) is 84.3. The second-order valence-corrected chi connectivity index (χ2v) is 14.5. The fourth-order valence-corrected chi connectivity index (χ4v) is 8.17. The second-order valence-electron chi connectivity index (χ2n) is 14.5. The fourth-order valence-electron chi connectivity index (χ4n) is 8.17. The van der Waals surface area contributed by atoms with Gasteiger partial charge in [0.15, 0.2) is 11.7 Å². The number of nitrogens with two attached hydrogens (primary N) is 1. The van der Waals surface area contributed by atoms with Crippen LogP contribution in [0.15, 0.2) is 93.7 Å². The number of piperidine rings is 1. The summed E-state index contributed by atoms with van der Waals surface area (Å²) >= 11 is 0. The highest BCUT2D eigenvalue weighted by Crippen LogP contribution is 2.36. The van der Waals surface area contributed by atoms with Crippen LogP contribution >= 0.6 is 0 Å². The number of nitrogens with one attached hydrogen (secondary N) is 1. The summed E-state index contributed by atoms with van der Waals surface area (Å²) in [6.45, 7) is 18.9. The van der Waals surface area contributed by atoms with E-state index in [0.717, 1.165) is 48.5 Å². The summed E-state index contributed by atoms with van der Waals surface area (Å²) in [7, 11) is 1.50. The van der Waals surface area contributed by atoms with Gasteiger partial charge in [0.1, 0.15) is 11.6 Å². The Morgan fingerprint density at radius 2 is 1.67 bits per heavy atom. The van der Waals surface area contributed by atoms with Gasteiger partial charge in [0.25, 0.3) is 17.7 Å². The Balaban J connectivity index is 0.00000171. The van der Waals surface area contributed by atoms with Crippen LogP contribution in [0.3, 0.4) is 0 Å². The minimum absolute atomic E-state index is 0.0747. The molecule has 5 aliphatic rings. The number of imide groups is 2. The standard InChI is InChI=1S/C42H47N9O6.C2H6.CH5N/c1-5-19-49-40(55)30(25-43-4)38(51(49)34-16-11-27-10-15-33(52)37(27)45-34)44-28-12-8-26(9-13-28)18-20-47-21-23-48(24-22-47)31(7-3)36-29(6-2)41(56)50(42(36)57)32-14-17-35(53)46-39(32)54;2*1-2/h5,7-9,11-13,16,25,32-33,52H,1,4,6,10,14-15,17-24H2,2-3H3,(H,46,53,54);1-2H3;2H2,1H3/b30-25+,31-7+,44-38?;;. The van der Waals surface area contributed by atoms with Crippen molar-refractivity contribution in [1.29, 1.82) is 0 Å². The Labute approximate surface area is 357 Å². The number of hydrogen-bond acceptors (Lipinski definition) is 12. The molecule has 324 valence electrons. The molecule has 1 aliphatic carbocycles. The van der Waals surface area contributed by atoms with Gasteiger partial charge in [-0.25, -0.2) is 20.0 Å². The first-order valence-electron chi connectivity index (χ1n) is 21.0. The lowest BCUT2D eigenvalue weighted by molar-refractivity contribution is -0.150. The number of aryl methyl sites for hydroxylation is 1. The zero-order valence-corrected chi connectivity index (χ0v) is 35.9. The molecular formula is C45H58N10O6. The molecule has 7 rings (SSSR count). The number of aliphatic imine (C=N–C) groups is 2. The van der Waals surface area contributed by atoms with E-state index in [1.165, 1.54) is 18.3 Å². The third-order valence-corrected chi connectivity index (χ3v) is 11.1. The number of carbonyl (C=O) groups excluding carboxylic acids is 5. The van der Waals surface area contributed by atoms with Gasteiger partial charge in [-0.1, -0.05) is 51.1 Å². The quantitative estimate of drug-likeness (QED) is 0.122. The van der Waals surface area contributed by atoms with Crippen molar-refractivity contribution >= 4 is 53.6 Å². The monoisotopic (exact) mass is 834 g/mol. The first kappa shape index (κ1) is 46.0. The van der Waals surface area contributed by atoms with Crippen molar-refractivity contribution < 1.29 is 29.1 Å². The third kappa shape index (κ3) is 9.46. The third-order valence-electron chi connectivity index (χ3n) is 11.1. The van der Waals surface area contributed by atoms with Crippen molar-refractivity contribution in [3.05, 3.63) is 101 Å². The number of aliphatic hydroxyl groups is 1. The molecule has 61 heavy (non-hydrogen) atoms. The molecule has 0 saturated carbocycles. The maximum atomic E-state index is 13.8. The number of piperazine rings is 1. The minimum atomic E-state index is -1.00. The topological polar surface area (TPSA) is 197 Å². The average molecular weight is 835 g/mol. The molecule has 5 heterocycles. The number of carbonyl (C=O) groups is 5. The number of nitrogens with zero attached hydrogens (tertiary/aromatic N) is 8. The molecule has 0 spiro atoms. The van der Waals surface area contributed by atoms with Gasteiger partial charge in [0, 0.05) is 56.6 Å². The van der Waals surface area contributed by atoms with Crippen LogP contribution in [0.5, 0.6) is 0 Å². The molecule has 16 nitrogen and oxygen atoms in total.